The summed E-state index contributed by atoms with van der Waals surface area (Å²) >= 11 is 0. The Bertz CT molecular complexity index is 707. The van der Waals surface area contributed by atoms with Gasteiger partial charge in [0.1, 0.15) is 11.6 Å². The van der Waals surface area contributed by atoms with Gasteiger partial charge in [-0.3, -0.25) is 0 Å². The molecule has 1 N–H and O–H groups in total. The number of nitrogens with zero attached hydrogens (tertiary/aromatic N) is 3. The molecular weight excluding hydrogens is 288 g/mol. The Labute approximate surface area is 137 Å². The van der Waals surface area contributed by atoms with E-state index in [0.717, 1.165) is 56.4 Å². The molecule has 5 heteroatoms. The molecule has 2 aromatic rings. The third kappa shape index (κ3) is 2.98. The molecule has 122 valence electrons. The summed E-state index contributed by atoms with van der Waals surface area (Å²) in [5.74, 6) is 3.56. The van der Waals surface area contributed by atoms with Gasteiger partial charge in [0.05, 0.1) is 13.2 Å². The van der Waals surface area contributed by atoms with Crippen LogP contribution in [0.5, 0.6) is 5.75 Å². The highest BCUT2D eigenvalue weighted by atomic mass is 16.5. The number of hydrogen-bond acceptors (Lipinski definition) is 4. The lowest BCUT2D eigenvalue weighted by molar-refractivity contribution is 0.355. The van der Waals surface area contributed by atoms with Crippen LogP contribution in [0.4, 0.5) is 0 Å². The molecule has 1 aromatic carbocycles. The number of rotatable bonds is 4. The Morgan fingerprint density at radius 1 is 1.35 bits per heavy atom. The van der Waals surface area contributed by atoms with Crippen molar-refractivity contribution >= 4 is 0 Å². The molecule has 4 rings (SSSR count). The summed E-state index contributed by atoms with van der Waals surface area (Å²) in [4.78, 5) is 4.65. The molecule has 1 aromatic heterocycles. The van der Waals surface area contributed by atoms with Crippen molar-refractivity contribution < 1.29 is 4.74 Å². The Hall–Kier alpha value is -1.88. The van der Waals surface area contributed by atoms with Crippen molar-refractivity contribution in [2.45, 2.75) is 58.2 Å². The van der Waals surface area contributed by atoms with Gasteiger partial charge in [0, 0.05) is 31.3 Å². The van der Waals surface area contributed by atoms with Crippen molar-refractivity contribution in [2.24, 2.45) is 0 Å². The second-order valence-electron chi connectivity index (χ2n) is 6.88. The van der Waals surface area contributed by atoms with E-state index in [4.69, 9.17) is 4.74 Å². The minimum atomic E-state index is 0.396. The van der Waals surface area contributed by atoms with Crippen molar-refractivity contribution in [1.29, 1.82) is 0 Å². The first-order valence-corrected chi connectivity index (χ1v) is 8.60. The SMILES string of the molecule is CC(C)c1nc2n(n1)CC(NCc1ccc3c(c1)CCO3)CC2. The predicted molar refractivity (Wildman–Crippen MR) is 88.7 cm³/mol. The number of ether oxygens (including phenoxy) is 1. The first-order valence-electron chi connectivity index (χ1n) is 8.60. The van der Waals surface area contributed by atoms with Crippen LogP contribution in [0.15, 0.2) is 18.2 Å². The molecule has 23 heavy (non-hydrogen) atoms. The number of hydrogen-bond donors (Lipinski definition) is 1. The van der Waals surface area contributed by atoms with Crippen LogP contribution in [0.25, 0.3) is 0 Å². The quantitative estimate of drug-likeness (QED) is 0.942. The molecule has 0 aliphatic carbocycles. The zero-order valence-electron chi connectivity index (χ0n) is 13.9. The maximum Gasteiger partial charge on any atom is 0.153 e. The predicted octanol–water partition coefficient (Wildman–Crippen LogP) is 2.44. The molecule has 0 saturated carbocycles. The first-order chi connectivity index (χ1) is 11.2. The van der Waals surface area contributed by atoms with E-state index in [9.17, 15) is 0 Å². The van der Waals surface area contributed by atoms with E-state index in [0.29, 0.717) is 12.0 Å². The maximum absolute atomic E-state index is 5.57. The van der Waals surface area contributed by atoms with Gasteiger partial charge in [-0.15, -0.1) is 0 Å². The third-order valence-corrected chi connectivity index (χ3v) is 4.74. The lowest BCUT2D eigenvalue weighted by atomic mass is 10.1. The minimum Gasteiger partial charge on any atom is -0.493 e. The number of aryl methyl sites for hydroxylation is 1. The fraction of sp³-hybridized carbons (Fsp3) is 0.556. The summed E-state index contributed by atoms with van der Waals surface area (Å²) in [7, 11) is 0. The van der Waals surface area contributed by atoms with Crippen LogP contribution in [-0.2, 0) is 25.9 Å². The van der Waals surface area contributed by atoms with E-state index < -0.39 is 0 Å². The fourth-order valence-electron chi connectivity index (χ4n) is 3.35. The molecule has 0 amide bonds. The standard InChI is InChI=1S/C18H24N4O/c1-12(2)18-20-17-6-4-15(11-22(17)21-18)19-10-13-3-5-16-14(9-13)7-8-23-16/h3,5,9,12,15,19H,4,6-8,10-11H2,1-2H3. The van der Waals surface area contributed by atoms with Crippen LogP contribution in [0, 0.1) is 0 Å². The summed E-state index contributed by atoms with van der Waals surface area (Å²) in [5, 5.41) is 8.33. The minimum absolute atomic E-state index is 0.396. The third-order valence-electron chi connectivity index (χ3n) is 4.74. The lowest BCUT2D eigenvalue weighted by Gasteiger charge is -2.23. The molecule has 0 saturated heterocycles. The molecule has 1 unspecified atom stereocenters. The van der Waals surface area contributed by atoms with E-state index in [1.165, 1.54) is 11.1 Å². The highest BCUT2D eigenvalue weighted by Crippen LogP contribution is 2.26. The number of benzene rings is 1. The van der Waals surface area contributed by atoms with Gasteiger partial charge < -0.3 is 10.1 Å². The highest BCUT2D eigenvalue weighted by molar-refractivity contribution is 5.39. The van der Waals surface area contributed by atoms with E-state index in [-0.39, 0.29) is 0 Å². The maximum atomic E-state index is 5.57. The number of aromatic nitrogens is 3. The summed E-state index contributed by atoms with van der Waals surface area (Å²) in [6.07, 6.45) is 3.17. The average Bonchev–Trinajstić information content (AvgIpc) is 3.18. The van der Waals surface area contributed by atoms with Crippen molar-refractivity contribution in [3.05, 3.63) is 41.0 Å². The summed E-state index contributed by atoms with van der Waals surface area (Å²) in [6.45, 7) is 6.94. The highest BCUT2D eigenvalue weighted by Gasteiger charge is 2.22. The molecule has 1 atom stereocenters. The number of nitrogens with one attached hydrogen (secondary N) is 1. The Morgan fingerprint density at radius 2 is 2.26 bits per heavy atom. The monoisotopic (exact) mass is 312 g/mol. The Balaban J connectivity index is 1.38. The molecular formula is C18H24N4O. The van der Waals surface area contributed by atoms with Gasteiger partial charge >= 0.3 is 0 Å². The van der Waals surface area contributed by atoms with Crippen LogP contribution >= 0.6 is 0 Å². The Morgan fingerprint density at radius 3 is 3.13 bits per heavy atom. The van der Waals surface area contributed by atoms with Crippen LogP contribution in [0.1, 0.15) is 49.0 Å². The molecule has 2 aliphatic heterocycles. The zero-order chi connectivity index (χ0) is 15.8. The number of fused-ring (bicyclic) bond motifs is 2. The second kappa shape index (κ2) is 5.96. The van der Waals surface area contributed by atoms with Crippen molar-refractivity contribution in [3.8, 4) is 5.75 Å². The lowest BCUT2D eigenvalue weighted by Crippen LogP contribution is -2.37. The van der Waals surface area contributed by atoms with Gasteiger partial charge in [0.2, 0.25) is 0 Å². The molecule has 0 fully saturated rings. The van der Waals surface area contributed by atoms with Crippen molar-refractivity contribution in [2.75, 3.05) is 6.61 Å². The fourth-order valence-corrected chi connectivity index (χ4v) is 3.35. The van der Waals surface area contributed by atoms with E-state index in [2.05, 4.69) is 52.1 Å². The van der Waals surface area contributed by atoms with Crippen LogP contribution < -0.4 is 10.1 Å². The van der Waals surface area contributed by atoms with E-state index in [1.54, 1.807) is 0 Å². The van der Waals surface area contributed by atoms with E-state index >= 15 is 0 Å². The molecule has 5 nitrogen and oxygen atoms in total. The smallest absolute Gasteiger partial charge is 0.153 e. The molecule has 2 aliphatic rings. The zero-order valence-corrected chi connectivity index (χ0v) is 13.9. The second-order valence-corrected chi connectivity index (χ2v) is 6.88. The van der Waals surface area contributed by atoms with Gasteiger partial charge in [-0.05, 0) is 23.6 Å². The molecule has 3 heterocycles. The van der Waals surface area contributed by atoms with Crippen LogP contribution in [0.2, 0.25) is 0 Å². The van der Waals surface area contributed by atoms with Gasteiger partial charge in [-0.1, -0.05) is 26.0 Å². The van der Waals surface area contributed by atoms with Crippen LogP contribution in [-0.4, -0.2) is 27.4 Å². The first kappa shape index (κ1) is 14.7. The van der Waals surface area contributed by atoms with Crippen molar-refractivity contribution in [1.82, 2.24) is 20.1 Å². The topological polar surface area (TPSA) is 52.0 Å². The average molecular weight is 312 g/mol. The summed E-state index contributed by atoms with van der Waals surface area (Å²) in [5.41, 5.74) is 2.68. The van der Waals surface area contributed by atoms with Crippen LogP contribution in [0.3, 0.4) is 0 Å². The summed E-state index contributed by atoms with van der Waals surface area (Å²) < 4.78 is 7.66. The summed E-state index contributed by atoms with van der Waals surface area (Å²) in [6, 6.07) is 7.01. The largest absolute Gasteiger partial charge is 0.493 e. The molecule has 0 spiro atoms. The normalized spacial score (nSPS) is 19.5. The Kier molecular flexibility index (Phi) is 3.81. The van der Waals surface area contributed by atoms with Gasteiger partial charge in [-0.25, -0.2) is 9.67 Å². The molecule has 0 bridgehead atoms. The van der Waals surface area contributed by atoms with Crippen molar-refractivity contribution in [3.63, 3.8) is 0 Å². The molecule has 0 radical (unpaired) electrons. The van der Waals surface area contributed by atoms with Gasteiger partial charge in [0.25, 0.3) is 0 Å². The van der Waals surface area contributed by atoms with Gasteiger partial charge in [0.15, 0.2) is 5.82 Å². The van der Waals surface area contributed by atoms with Gasteiger partial charge in [-0.2, -0.15) is 5.10 Å². The van der Waals surface area contributed by atoms with E-state index in [1.807, 2.05) is 0 Å².